The van der Waals surface area contributed by atoms with Crippen molar-refractivity contribution in [1.29, 1.82) is 0 Å². The standard InChI is InChI=1S/C8H10FOP.C2H6/c1-5-3-6(9)8(10-2)7(11)4-5;1-2/h3-4H,11H2,1-2H3;1-2H3. The van der Waals surface area contributed by atoms with Gasteiger partial charge in [0.25, 0.3) is 0 Å². The highest BCUT2D eigenvalue weighted by molar-refractivity contribution is 7.27. The van der Waals surface area contributed by atoms with Crippen LogP contribution in [0, 0.1) is 12.7 Å². The molecule has 0 N–H and O–H groups in total. The van der Waals surface area contributed by atoms with Crippen molar-refractivity contribution >= 4 is 14.5 Å². The van der Waals surface area contributed by atoms with Gasteiger partial charge in [0.1, 0.15) is 0 Å². The Morgan fingerprint density at radius 1 is 1.31 bits per heavy atom. The largest absolute Gasteiger partial charge is 0.493 e. The molecule has 13 heavy (non-hydrogen) atoms. The summed E-state index contributed by atoms with van der Waals surface area (Å²) in [7, 11) is 3.89. The average molecular weight is 202 g/mol. The highest BCUT2D eigenvalue weighted by Gasteiger charge is 2.05. The van der Waals surface area contributed by atoms with Gasteiger partial charge in [0, 0.05) is 5.30 Å². The zero-order chi connectivity index (χ0) is 10.4. The molecule has 0 aliphatic rings. The molecular weight excluding hydrogens is 186 g/mol. The van der Waals surface area contributed by atoms with E-state index >= 15 is 0 Å². The number of hydrogen-bond donors (Lipinski definition) is 0. The van der Waals surface area contributed by atoms with Crippen molar-refractivity contribution in [3.8, 4) is 5.75 Å². The molecule has 3 heteroatoms. The summed E-state index contributed by atoms with van der Waals surface area (Å²) in [5, 5.41) is 0.755. The fourth-order valence-corrected chi connectivity index (χ4v) is 1.49. The van der Waals surface area contributed by atoms with E-state index in [0.29, 0.717) is 5.75 Å². The Balaban J connectivity index is 0.000000671. The number of rotatable bonds is 1. The van der Waals surface area contributed by atoms with Crippen LogP contribution in [-0.2, 0) is 0 Å². The summed E-state index contributed by atoms with van der Waals surface area (Å²) in [5.74, 6) is -0.00176. The molecule has 0 bridgehead atoms. The third-order valence-electron chi connectivity index (χ3n) is 1.42. The minimum Gasteiger partial charge on any atom is -0.493 e. The van der Waals surface area contributed by atoms with Gasteiger partial charge in [-0.3, -0.25) is 0 Å². The SMILES string of the molecule is CC.COc1c(F)cc(C)cc1P. The summed E-state index contributed by atoms with van der Waals surface area (Å²) in [6, 6.07) is 3.30. The topological polar surface area (TPSA) is 9.23 Å². The van der Waals surface area contributed by atoms with E-state index in [0.717, 1.165) is 10.9 Å². The Morgan fingerprint density at radius 3 is 2.23 bits per heavy atom. The maximum Gasteiger partial charge on any atom is 0.165 e. The molecule has 1 nitrogen and oxygen atoms in total. The van der Waals surface area contributed by atoms with Crippen LogP contribution in [0.2, 0.25) is 0 Å². The second-order valence-electron chi connectivity index (χ2n) is 2.37. The number of ether oxygens (including phenoxy) is 1. The molecule has 0 radical (unpaired) electrons. The molecular formula is C10H16FOP. The maximum atomic E-state index is 13.0. The predicted molar refractivity (Wildman–Crippen MR) is 58.4 cm³/mol. The van der Waals surface area contributed by atoms with Crippen LogP contribution in [0.1, 0.15) is 19.4 Å². The average Bonchev–Trinajstić information content (AvgIpc) is 2.07. The molecule has 1 aromatic carbocycles. The molecule has 0 spiro atoms. The molecule has 0 saturated heterocycles. The van der Waals surface area contributed by atoms with Crippen molar-refractivity contribution in [2.75, 3.05) is 7.11 Å². The Kier molecular flexibility index (Phi) is 5.65. The normalized spacial score (nSPS) is 8.77. The number of methoxy groups -OCH3 is 1. The van der Waals surface area contributed by atoms with E-state index in [-0.39, 0.29) is 5.82 Å². The van der Waals surface area contributed by atoms with Crippen molar-refractivity contribution in [2.24, 2.45) is 0 Å². The maximum absolute atomic E-state index is 13.0. The van der Waals surface area contributed by atoms with E-state index in [4.69, 9.17) is 4.74 Å². The van der Waals surface area contributed by atoms with Gasteiger partial charge in [-0.25, -0.2) is 4.39 Å². The van der Waals surface area contributed by atoms with E-state index in [1.807, 2.05) is 26.8 Å². The second kappa shape index (κ2) is 5.93. The zero-order valence-corrected chi connectivity index (χ0v) is 9.67. The van der Waals surface area contributed by atoms with Crippen LogP contribution >= 0.6 is 9.24 Å². The molecule has 1 atom stereocenters. The summed E-state index contributed by atoms with van der Waals surface area (Å²) >= 11 is 0. The minimum atomic E-state index is -0.308. The van der Waals surface area contributed by atoms with Gasteiger partial charge in [0.05, 0.1) is 7.11 Å². The number of aryl methyl sites for hydroxylation is 1. The van der Waals surface area contributed by atoms with Crippen molar-refractivity contribution < 1.29 is 9.13 Å². The molecule has 0 fully saturated rings. The number of hydrogen-bond acceptors (Lipinski definition) is 1. The number of benzene rings is 1. The van der Waals surface area contributed by atoms with Crippen molar-refractivity contribution in [3.63, 3.8) is 0 Å². The molecule has 0 saturated carbocycles. The third kappa shape index (κ3) is 3.31. The first-order valence-electron chi connectivity index (χ1n) is 4.24. The third-order valence-corrected chi connectivity index (χ3v) is 1.85. The van der Waals surface area contributed by atoms with Crippen LogP contribution < -0.4 is 10.0 Å². The van der Waals surface area contributed by atoms with Gasteiger partial charge in [-0.05, 0) is 24.6 Å². The van der Waals surface area contributed by atoms with E-state index in [2.05, 4.69) is 9.24 Å². The Labute approximate surface area is 81.5 Å². The number of halogens is 1. The van der Waals surface area contributed by atoms with Crippen LogP contribution in [-0.4, -0.2) is 7.11 Å². The Morgan fingerprint density at radius 2 is 1.85 bits per heavy atom. The summed E-state index contributed by atoms with van der Waals surface area (Å²) in [6.45, 7) is 5.84. The van der Waals surface area contributed by atoms with E-state index in [1.165, 1.54) is 13.2 Å². The quantitative estimate of drug-likeness (QED) is 0.636. The van der Waals surface area contributed by atoms with Gasteiger partial charge in [-0.2, -0.15) is 0 Å². The van der Waals surface area contributed by atoms with Gasteiger partial charge in [-0.15, -0.1) is 9.24 Å². The Hall–Kier alpha value is -0.620. The monoisotopic (exact) mass is 202 g/mol. The van der Waals surface area contributed by atoms with Crippen LogP contribution in [0.4, 0.5) is 4.39 Å². The van der Waals surface area contributed by atoms with Gasteiger partial charge >= 0.3 is 0 Å². The van der Waals surface area contributed by atoms with E-state index < -0.39 is 0 Å². The lowest BCUT2D eigenvalue weighted by molar-refractivity contribution is 0.390. The second-order valence-corrected chi connectivity index (χ2v) is 2.99. The predicted octanol–water partition coefficient (Wildman–Crippen LogP) is 2.67. The van der Waals surface area contributed by atoms with E-state index in [9.17, 15) is 4.39 Å². The summed E-state index contributed by atoms with van der Waals surface area (Å²) < 4.78 is 17.8. The van der Waals surface area contributed by atoms with Gasteiger partial charge in [0.15, 0.2) is 11.6 Å². The van der Waals surface area contributed by atoms with Gasteiger partial charge < -0.3 is 4.74 Å². The summed E-state index contributed by atoms with van der Waals surface area (Å²) in [4.78, 5) is 0. The van der Waals surface area contributed by atoms with Crippen molar-refractivity contribution in [3.05, 3.63) is 23.5 Å². The molecule has 74 valence electrons. The van der Waals surface area contributed by atoms with Gasteiger partial charge in [-0.1, -0.05) is 13.8 Å². The fraction of sp³-hybridized carbons (Fsp3) is 0.400. The first-order chi connectivity index (χ1) is 6.15. The lowest BCUT2D eigenvalue weighted by Crippen LogP contribution is -2.02. The first kappa shape index (κ1) is 12.4. The first-order valence-corrected chi connectivity index (χ1v) is 4.82. The fourth-order valence-electron chi connectivity index (χ4n) is 0.971. The molecule has 1 unspecified atom stereocenters. The van der Waals surface area contributed by atoms with Crippen LogP contribution in [0.3, 0.4) is 0 Å². The molecule has 0 heterocycles. The highest BCUT2D eigenvalue weighted by atomic mass is 31.0. The minimum absolute atomic E-state index is 0.306. The summed E-state index contributed by atoms with van der Waals surface area (Å²) in [6.07, 6.45) is 0. The molecule has 0 aliphatic heterocycles. The zero-order valence-electron chi connectivity index (χ0n) is 8.52. The lowest BCUT2D eigenvalue weighted by atomic mass is 10.2. The lowest BCUT2D eigenvalue weighted by Gasteiger charge is -2.05. The molecule has 1 aromatic rings. The molecule has 0 amide bonds. The molecule has 1 rings (SSSR count). The van der Waals surface area contributed by atoms with Crippen LogP contribution in [0.25, 0.3) is 0 Å². The highest BCUT2D eigenvalue weighted by Crippen LogP contribution is 2.17. The van der Waals surface area contributed by atoms with Crippen molar-refractivity contribution in [1.82, 2.24) is 0 Å². The smallest absolute Gasteiger partial charge is 0.165 e. The Bertz CT molecular complexity index is 251. The van der Waals surface area contributed by atoms with Crippen LogP contribution in [0.5, 0.6) is 5.75 Å². The van der Waals surface area contributed by atoms with E-state index in [1.54, 1.807) is 0 Å². The summed E-state index contributed by atoms with van der Waals surface area (Å²) in [5.41, 5.74) is 0.897. The molecule has 0 aliphatic carbocycles. The van der Waals surface area contributed by atoms with Gasteiger partial charge in [0.2, 0.25) is 0 Å². The van der Waals surface area contributed by atoms with Crippen molar-refractivity contribution in [2.45, 2.75) is 20.8 Å². The van der Waals surface area contributed by atoms with Crippen LogP contribution in [0.15, 0.2) is 12.1 Å². The molecule has 0 aromatic heterocycles.